The van der Waals surface area contributed by atoms with Gasteiger partial charge in [-0.05, 0) is 30.7 Å². The number of nitrogens with zero attached hydrogens (tertiary/aromatic N) is 4. The van der Waals surface area contributed by atoms with Crippen molar-refractivity contribution in [1.29, 1.82) is 0 Å². The maximum Gasteiger partial charge on any atom is 0.269 e. The van der Waals surface area contributed by atoms with Crippen LogP contribution in [0, 0.1) is 5.41 Å². The molecular weight excluding hydrogens is 392 g/mol. The van der Waals surface area contributed by atoms with Crippen molar-refractivity contribution < 1.29 is 4.79 Å². The number of hydrogen-bond acceptors (Lipinski definition) is 6. The number of pyridine rings is 3. The SMILES string of the molecule is CCc1cc2cnc(CN3CC4(C3)CN(c3ccc(C(=O)NC)nc3)C4)cc2[nH]c1=O. The summed E-state index contributed by atoms with van der Waals surface area (Å²) in [6, 6.07) is 7.66. The average Bonchev–Trinajstić information content (AvgIpc) is 2.73. The highest BCUT2D eigenvalue weighted by molar-refractivity contribution is 5.92. The molecule has 5 rings (SSSR count). The van der Waals surface area contributed by atoms with E-state index in [4.69, 9.17) is 0 Å². The Morgan fingerprint density at radius 2 is 1.97 bits per heavy atom. The highest BCUT2D eigenvalue weighted by Gasteiger charge is 2.51. The summed E-state index contributed by atoms with van der Waals surface area (Å²) in [6.45, 7) is 6.86. The maximum atomic E-state index is 12.1. The summed E-state index contributed by atoms with van der Waals surface area (Å²) >= 11 is 0. The number of amides is 1. The number of carbonyl (C=O) groups is 1. The van der Waals surface area contributed by atoms with Gasteiger partial charge < -0.3 is 15.2 Å². The van der Waals surface area contributed by atoms with Gasteiger partial charge in [-0.2, -0.15) is 0 Å². The number of anilines is 1. The Balaban J connectivity index is 1.17. The summed E-state index contributed by atoms with van der Waals surface area (Å²) in [4.78, 5) is 40.3. The van der Waals surface area contributed by atoms with Crippen molar-refractivity contribution in [3.05, 3.63) is 64.0 Å². The number of rotatable bonds is 5. The van der Waals surface area contributed by atoms with Crippen LogP contribution in [-0.4, -0.2) is 59.0 Å². The Hall–Kier alpha value is -3.26. The number of aromatic amines is 1. The fraction of sp³-hybridized carbons (Fsp3) is 0.391. The smallest absolute Gasteiger partial charge is 0.269 e. The van der Waals surface area contributed by atoms with Gasteiger partial charge in [0.25, 0.3) is 11.5 Å². The average molecular weight is 419 g/mol. The first kappa shape index (κ1) is 19.7. The largest absolute Gasteiger partial charge is 0.369 e. The van der Waals surface area contributed by atoms with Crippen LogP contribution in [0.1, 0.15) is 28.7 Å². The van der Waals surface area contributed by atoms with Crippen LogP contribution in [-0.2, 0) is 13.0 Å². The maximum absolute atomic E-state index is 12.1. The zero-order valence-corrected chi connectivity index (χ0v) is 17.8. The molecule has 0 aliphatic carbocycles. The summed E-state index contributed by atoms with van der Waals surface area (Å²) in [6.07, 6.45) is 4.35. The van der Waals surface area contributed by atoms with Crippen molar-refractivity contribution in [3.8, 4) is 0 Å². The lowest BCUT2D eigenvalue weighted by Gasteiger charge is -2.61. The van der Waals surface area contributed by atoms with Gasteiger partial charge in [0.15, 0.2) is 0 Å². The van der Waals surface area contributed by atoms with Crippen LogP contribution in [0.15, 0.2) is 41.5 Å². The molecule has 0 aromatic carbocycles. The van der Waals surface area contributed by atoms with Gasteiger partial charge in [0.2, 0.25) is 0 Å². The van der Waals surface area contributed by atoms with E-state index in [-0.39, 0.29) is 11.5 Å². The fourth-order valence-corrected chi connectivity index (χ4v) is 4.76. The number of aryl methyl sites for hydroxylation is 1. The van der Waals surface area contributed by atoms with Gasteiger partial charge in [-0.25, -0.2) is 4.98 Å². The monoisotopic (exact) mass is 418 g/mol. The Bertz CT molecular complexity index is 1190. The molecule has 2 N–H and O–H groups in total. The second kappa shape index (κ2) is 7.46. The van der Waals surface area contributed by atoms with Gasteiger partial charge in [0.1, 0.15) is 5.69 Å². The predicted octanol–water partition coefficient (Wildman–Crippen LogP) is 1.56. The van der Waals surface area contributed by atoms with E-state index in [1.165, 1.54) is 0 Å². The van der Waals surface area contributed by atoms with Crippen LogP contribution < -0.4 is 15.8 Å². The molecule has 3 aromatic rings. The van der Waals surface area contributed by atoms with Crippen LogP contribution in [0.3, 0.4) is 0 Å². The minimum absolute atomic E-state index is 0.0116. The van der Waals surface area contributed by atoms with Crippen molar-refractivity contribution in [3.63, 3.8) is 0 Å². The third-order valence-electron chi connectivity index (χ3n) is 6.37. The first-order chi connectivity index (χ1) is 15.0. The Morgan fingerprint density at radius 1 is 1.16 bits per heavy atom. The third kappa shape index (κ3) is 3.57. The number of likely N-dealkylation sites (tertiary alicyclic amines) is 1. The molecule has 2 aliphatic heterocycles. The van der Waals surface area contributed by atoms with E-state index in [0.29, 0.717) is 17.5 Å². The van der Waals surface area contributed by atoms with Gasteiger partial charge in [-0.1, -0.05) is 6.92 Å². The van der Waals surface area contributed by atoms with Crippen molar-refractivity contribution in [2.45, 2.75) is 19.9 Å². The summed E-state index contributed by atoms with van der Waals surface area (Å²) in [5, 5.41) is 3.57. The first-order valence-electron chi connectivity index (χ1n) is 10.6. The molecule has 3 aromatic heterocycles. The summed E-state index contributed by atoms with van der Waals surface area (Å²) in [5.41, 5.74) is 4.44. The number of carbonyl (C=O) groups excluding carboxylic acids is 1. The summed E-state index contributed by atoms with van der Waals surface area (Å²) in [5.74, 6) is -0.168. The molecule has 1 spiro atoms. The van der Waals surface area contributed by atoms with Gasteiger partial charge in [0.05, 0.1) is 23.1 Å². The van der Waals surface area contributed by atoms with E-state index >= 15 is 0 Å². The van der Waals surface area contributed by atoms with E-state index in [0.717, 1.165) is 60.6 Å². The standard InChI is InChI=1S/C23H26N6O2/c1-3-15-6-16-8-25-17(7-20(16)27-21(15)30)10-28-11-23(12-28)13-29(14-23)18-4-5-19(26-9-18)22(31)24-2/h4-9H,3,10-14H2,1-2H3,(H,24,31)(H,27,30). The minimum Gasteiger partial charge on any atom is -0.369 e. The van der Waals surface area contributed by atoms with Crippen molar-refractivity contribution >= 4 is 22.5 Å². The van der Waals surface area contributed by atoms with E-state index < -0.39 is 0 Å². The molecule has 1 amide bonds. The molecule has 31 heavy (non-hydrogen) atoms. The molecule has 2 saturated heterocycles. The molecule has 2 fully saturated rings. The van der Waals surface area contributed by atoms with E-state index in [2.05, 4.69) is 30.1 Å². The van der Waals surface area contributed by atoms with Crippen LogP contribution in [0.4, 0.5) is 5.69 Å². The normalized spacial score (nSPS) is 17.4. The molecule has 2 aliphatic rings. The van der Waals surface area contributed by atoms with Gasteiger partial charge in [-0.3, -0.25) is 19.5 Å². The second-order valence-corrected chi connectivity index (χ2v) is 8.72. The molecule has 0 radical (unpaired) electrons. The minimum atomic E-state index is -0.168. The van der Waals surface area contributed by atoms with Crippen molar-refractivity contribution in [2.75, 3.05) is 38.1 Å². The third-order valence-corrected chi connectivity index (χ3v) is 6.37. The van der Waals surface area contributed by atoms with E-state index in [9.17, 15) is 9.59 Å². The van der Waals surface area contributed by atoms with Crippen molar-refractivity contribution in [2.24, 2.45) is 5.41 Å². The Labute approximate surface area is 180 Å². The number of fused-ring (bicyclic) bond motifs is 1. The lowest BCUT2D eigenvalue weighted by molar-refractivity contribution is -0.0280. The van der Waals surface area contributed by atoms with Crippen molar-refractivity contribution in [1.82, 2.24) is 25.2 Å². The number of hydrogen-bond donors (Lipinski definition) is 2. The molecule has 5 heterocycles. The highest BCUT2D eigenvalue weighted by atomic mass is 16.1. The lowest BCUT2D eigenvalue weighted by atomic mass is 9.72. The van der Waals surface area contributed by atoms with Crippen LogP contribution in [0.25, 0.3) is 10.9 Å². The molecular formula is C23H26N6O2. The van der Waals surface area contributed by atoms with Gasteiger partial charge in [0, 0.05) is 62.3 Å². The van der Waals surface area contributed by atoms with Gasteiger partial charge in [-0.15, -0.1) is 0 Å². The first-order valence-corrected chi connectivity index (χ1v) is 10.6. The van der Waals surface area contributed by atoms with E-state index in [1.807, 2.05) is 31.3 Å². The zero-order chi connectivity index (χ0) is 21.6. The quantitative estimate of drug-likeness (QED) is 0.653. The van der Waals surface area contributed by atoms with Crippen LogP contribution in [0.5, 0.6) is 0 Å². The lowest BCUT2D eigenvalue weighted by Crippen LogP contribution is -2.72. The number of nitrogens with one attached hydrogen (secondary N) is 2. The fourth-order valence-electron chi connectivity index (χ4n) is 4.76. The van der Waals surface area contributed by atoms with Crippen LogP contribution in [0.2, 0.25) is 0 Å². The highest BCUT2D eigenvalue weighted by Crippen LogP contribution is 2.42. The summed E-state index contributed by atoms with van der Waals surface area (Å²) in [7, 11) is 1.61. The summed E-state index contributed by atoms with van der Waals surface area (Å²) < 4.78 is 0. The Morgan fingerprint density at radius 3 is 2.65 bits per heavy atom. The molecule has 0 unspecified atom stereocenters. The molecule has 8 nitrogen and oxygen atoms in total. The zero-order valence-electron chi connectivity index (χ0n) is 17.8. The number of aromatic nitrogens is 3. The topological polar surface area (TPSA) is 94.2 Å². The number of H-pyrrole nitrogens is 1. The molecule has 0 bridgehead atoms. The second-order valence-electron chi connectivity index (χ2n) is 8.72. The molecule has 0 atom stereocenters. The predicted molar refractivity (Wildman–Crippen MR) is 119 cm³/mol. The Kier molecular flexibility index (Phi) is 4.74. The van der Waals surface area contributed by atoms with E-state index in [1.54, 1.807) is 19.3 Å². The molecule has 8 heteroatoms. The molecule has 160 valence electrons. The van der Waals surface area contributed by atoms with Crippen LogP contribution >= 0.6 is 0 Å². The van der Waals surface area contributed by atoms with Gasteiger partial charge >= 0.3 is 0 Å². The molecule has 0 saturated carbocycles.